The number of rotatable bonds is 8. The van der Waals surface area contributed by atoms with E-state index in [-0.39, 0.29) is 22.0 Å². The lowest BCUT2D eigenvalue weighted by molar-refractivity contribution is 0.102. The van der Waals surface area contributed by atoms with E-state index in [4.69, 9.17) is 4.74 Å². The van der Waals surface area contributed by atoms with Crippen LogP contribution in [0, 0.1) is 6.92 Å². The third-order valence-electron chi connectivity index (χ3n) is 3.77. The zero-order chi connectivity index (χ0) is 20.9. The van der Waals surface area contributed by atoms with Gasteiger partial charge in [0.1, 0.15) is 12.4 Å². The van der Waals surface area contributed by atoms with Crippen molar-refractivity contribution in [3.05, 3.63) is 65.7 Å². The van der Waals surface area contributed by atoms with Crippen LogP contribution in [0.1, 0.15) is 22.8 Å². The fourth-order valence-corrected chi connectivity index (χ4v) is 4.47. The molecular weight excluding hydrogens is 412 g/mol. The van der Waals surface area contributed by atoms with Crippen LogP contribution < -0.4 is 14.8 Å². The molecule has 0 saturated carbocycles. The van der Waals surface area contributed by atoms with Gasteiger partial charge in [0.25, 0.3) is 15.9 Å². The molecule has 10 heteroatoms. The molecule has 29 heavy (non-hydrogen) atoms. The van der Waals surface area contributed by atoms with E-state index in [0.717, 1.165) is 16.9 Å². The number of amides is 1. The number of aromatic nitrogens is 2. The summed E-state index contributed by atoms with van der Waals surface area (Å²) in [5.41, 5.74) is 1.47. The lowest BCUT2D eigenvalue weighted by atomic mass is 10.1. The van der Waals surface area contributed by atoms with Crippen LogP contribution in [-0.2, 0) is 10.0 Å². The summed E-state index contributed by atoms with van der Waals surface area (Å²) in [5, 5.41) is 10.1. The second-order valence-electron chi connectivity index (χ2n) is 6.34. The molecule has 0 fully saturated rings. The van der Waals surface area contributed by atoms with E-state index >= 15 is 0 Å². The topological polar surface area (TPSA) is 110 Å². The number of nitrogens with one attached hydrogen (secondary N) is 2. The van der Waals surface area contributed by atoms with Crippen LogP contribution in [0.4, 0.5) is 5.13 Å². The quantitative estimate of drug-likeness (QED) is 0.530. The van der Waals surface area contributed by atoms with Gasteiger partial charge < -0.3 is 4.74 Å². The normalized spacial score (nSPS) is 12.3. The highest BCUT2D eigenvalue weighted by molar-refractivity contribution is 7.91. The number of aryl methyl sites for hydroxylation is 1. The van der Waals surface area contributed by atoms with Crippen molar-refractivity contribution in [2.75, 3.05) is 11.9 Å². The van der Waals surface area contributed by atoms with Crippen molar-refractivity contribution in [3.63, 3.8) is 0 Å². The number of ether oxygens (including phenoxy) is 1. The summed E-state index contributed by atoms with van der Waals surface area (Å²) in [6, 6.07) is 15.6. The Morgan fingerprint density at radius 3 is 2.48 bits per heavy atom. The van der Waals surface area contributed by atoms with Gasteiger partial charge in [-0.25, -0.2) is 13.1 Å². The van der Waals surface area contributed by atoms with Gasteiger partial charge in [-0.3, -0.25) is 10.1 Å². The molecule has 0 radical (unpaired) electrons. The standard InChI is InChI=1S/C19H20N4O4S2/c1-13-8-10-15(11-9-13)17(24)20-18-21-22-19(28-18)29(25,26)23-14(2)12-27-16-6-4-3-5-7-16/h3-11,14,23H,12H2,1-2H3,(H,20,21,24)/t14-/m1/s1. The average Bonchev–Trinajstić information content (AvgIpc) is 3.17. The van der Waals surface area contributed by atoms with Crippen molar-refractivity contribution in [1.29, 1.82) is 0 Å². The van der Waals surface area contributed by atoms with Crippen molar-refractivity contribution >= 4 is 32.4 Å². The van der Waals surface area contributed by atoms with Crippen LogP contribution in [0.5, 0.6) is 5.75 Å². The molecule has 0 unspecified atom stereocenters. The first-order valence-electron chi connectivity index (χ1n) is 8.75. The van der Waals surface area contributed by atoms with Gasteiger partial charge >= 0.3 is 0 Å². The van der Waals surface area contributed by atoms with Crippen molar-refractivity contribution in [1.82, 2.24) is 14.9 Å². The summed E-state index contributed by atoms with van der Waals surface area (Å²) in [7, 11) is -3.89. The van der Waals surface area contributed by atoms with Crippen molar-refractivity contribution in [2.45, 2.75) is 24.2 Å². The molecule has 0 aliphatic heterocycles. The van der Waals surface area contributed by atoms with E-state index in [1.165, 1.54) is 0 Å². The van der Waals surface area contributed by atoms with E-state index in [2.05, 4.69) is 20.2 Å². The third kappa shape index (κ3) is 5.83. The molecule has 1 atom stereocenters. The molecular formula is C19H20N4O4S2. The van der Waals surface area contributed by atoms with E-state index in [1.807, 2.05) is 37.3 Å². The van der Waals surface area contributed by atoms with Crippen molar-refractivity contribution in [2.24, 2.45) is 0 Å². The number of nitrogens with zero attached hydrogens (tertiary/aromatic N) is 2. The number of hydrogen-bond acceptors (Lipinski definition) is 7. The first-order chi connectivity index (χ1) is 13.8. The van der Waals surface area contributed by atoms with Gasteiger partial charge in [-0.2, -0.15) is 0 Å². The second-order valence-corrected chi connectivity index (χ2v) is 9.20. The van der Waals surface area contributed by atoms with E-state index in [1.54, 1.807) is 31.2 Å². The van der Waals surface area contributed by atoms with Crippen molar-refractivity contribution < 1.29 is 17.9 Å². The molecule has 0 aliphatic carbocycles. The van der Waals surface area contributed by atoms with Gasteiger partial charge in [0.15, 0.2) is 0 Å². The van der Waals surface area contributed by atoms with Crippen LogP contribution in [0.2, 0.25) is 0 Å². The summed E-state index contributed by atoms with van der Waals surface area (Å²) in [6.45, 7) is 3.75. The molecule has 0 saturated heterocycles. The van der Waals surface area contributed by atoms with Crippen LogP contribution in [0.15, 0.2) is 58.9 Å². The maximum atomic E-state index is 12.5. The van der Waals surface area contributed by atoms with Crippen molar-refractivity contribution in [3.8, 4) is 5.75 Å². The van der Waals surface area contributed by atoms with Crippen LogP contribution >= 0.6 is 11.3 Å². The Hall–Kier alpha value is -2.82. The maximum absolute atomic E-state index is 12.5. The third-order valence-corrected chi connectivity index (χ3v) is 6.57. The lowest BCUT2D eigenvalue weighted by Gasteiger charge is -2.13. The van der Waals surface area contributed by atoms with Gasteiger partial charge in [0, 0.05) is 5.56 Å². The summed E-state index contributed by atoms with van der Waals surface area (Å²) < 4.78 is 32.8. The molecule has 152 valence electrons. The Bertz CT molecular complexity index is 1070. The number of para-hydroxylation sites is 1. The average molecular weight is 433 g/mol. The van der Waals surface area contributed by atoms with Gasteiger partial charge in [-0.1, -0.05) is 47.2 Å². The summed E-state index contributed by atoms with van der Waals surface area (Å²) >= 11 is 0.777. The minimum absolute atomic E-state index is 0.101. The van der Waals surface area contributed by atoms with Crippen LogP contribution in [-0.4, -0.2) is 37.2 Å². The van der Waals surface area contributed by atoms with Crippen LogP contribution in [0.3, 0.4) is 0 Å². The number of sulfonamides is 1. The first-order valence-corrected chi connectivity index (χ1v) is 11.0. The van der Waals surface area contributed by atoms with E-state index < -0.39 is 16.1 Å². The Morgan fingerprint density at radius 1 is 1.10 bits per heavy atom. The van der Waals surface area contributed by atoms with Gasteiger partial charge in [-0.05, 0) is 38.1 Å². The number of hydrogen-bond donors (Lipinski definition) is 2. The largest absolute Gasteiger partial charge is 0.492 e. The van der Waals surface area contributed by atoms with E-state index in [0.29, 0.717) is 11.3 Å². The highest BCUT2D eigenvalue weighted by atomic mass is 32.2. The summed E-state index contributed by atoms with van der Waals surface area (Å²) in [4.78, 5) is 12.2. The lowest BCUT2D eigenvalue weighted by Crippen LogP contribution is -2.36. The zero-order valence-corrected chi connectivity index (χ0v) is 17.5. The van der Waals surface area contributed by atoms with Gasteiger partial charge in [-0.15, -0.1) is 10.2 Å². The molecule has 3 rings (SSSR count). The molecule has 8 nitrogen and oxygen atoms in total. The molecule has 2 N–H and O–H groups in total. The smallest absolute Gasteiger partial charge is 0.270 e. The maximum Gasteiger partial charge on any atom is 0.270 e. The molecule has 0 aliphatic rings. The second kappa shape index (κ2) is 9.12. The van der Waals surface area contributed by atoms with Crippen LogP contribution in [0.25, 0.3) is 0 Å². The zero-order valence-electron chi connectivity index (χ0n) is 15.8. The molecule has 1 heterocycles. The Labute approximate surface area is 173 Å². The molecule has 0 bridgehead atoms. The Kier molecular flexibility index (Phi) is 6.57. The number of benzene rings is 2. The summed E-state index contributed by atoms with van der Waals surface area (Å²) in [6.07, 6.45) is 0. The molecule has 2 aromatic carbocycles. The predicted molar refractivity (Wildman–Crippen MR) is 111 cm³/mol. The predicted octanol–water partition coefficient (Wildman–Crippen LogP) is 2.84. The molecule has 1 amide bonds. The Balaban J connectivity index is 1.59. The number of carbonyl (C=O) groups is 1. The van der Waals surface area contributed by atoms with Gasteiger partial charge in [0.2, 0.25) is 9.47 Å². The minimum atomic E-state index is -3.89. The highest BCUT2D eigenvalue weighted by Crippen LogP contribution is 2.21. The SMILES string of the molecule is Cc1ccc(C(=O)Nc2nnc(S(=O)(=O)N[C@H](C)COc3ccccc3)s2)cc1. The fourth-order valence-electron chi connectivity index (χ4n) is 2.33. The fraction of sp³-hybridized carbons (Fsp3) is 0.211. The molecule has 3 aromatic rings. The minimum Gasteiger partial charge on any atom is -0.492 e. The van der Waals surface area contributed by atoms with Gasteiger partial charge in [0.05, 0.1) is 6.04 Å². The summed E-state index contributed by atoms with van der Waals surface area (Å²) in [5.74, 6) is 0.262. The Morgan fingerprint density at radius 2 is 1.79 bits per heavy atom. The number of anilines is 1. The first kappa shape index (κ1) is 20.9. The van der Waals surface area contributed by atoms with E-state index in [9.17, 15) is 13.2 Å². The highest BCUT2D eigenvalue weighted by Gasteiger charge is 2.23. The molecule has 1 aromatic heterocycles. The monoisotopic (exact) mass is 432 g/mol. The molecule has 0 spiro atoms. The number of carbonyl (C=O) groups excluding carboxylic acids is 1.